The molecule has 1 aromatic rings. The Kier molecular flexibility index (Phi) is 6.81. The van der Waals surface area contributed by atoms with Crippen LogP contribution < -0.4 is 10.1 Å². The molecule has 0 radical (unpaired) electrons. The Morgan fingerprint density at radius 3 is 2.67 bits per heavy atom. The molecule has 1 unspecified atom stereocenters. The van der Waals surface area contributed by atoms with E-state index >= 15 is 0 Å². The number of pyridine rings is 1. The Labute approximate surface area is 136 Å². The van der Waals surface area contributed by atoms with Crippen LogP contribution in [0.4, 0.5) is 18.0 Å². The van der Waals surface area contributed by atoms with Gasteiger partial charge in [0.25, 0.3) is 0 Å². The van der Waals surface area contributed by atoms with Crippen LogP contribution in [0.25, 0.3) is 0 Å². The van der Waals surface area contributed by atoms with Gasteiger partial charge in [0, 0.05) is 19.7 Å². The van der Waals surface area contributed by atoms with E-state index in [-0.39, 0.29) is 25.6 Å². The molecule has 0 aliphatic heterocycles. The number of halogens is 3. The lowest BCUT2D eigenvalue weighted by atomic mass is 10.2. The minimum Gasteiger partial charge on any atom is -0.481 e. The number of hydrogen-bond donors (Lipinski definition) is 2. The van der Waals surface area contributed by atoms with Crippen LogP contribution in [0.1, 0.15) is 12.6 Å². The Balaban J connectivity index is 2.38. The van der Waals surface area contributed by atoms with Crippen LogP contribution in [0.3, 0.4) is 0 Å². The number of nitrogens with zero attached hydrogens (tertiary/aromatic N) is 2. The summed E-state index contributed by atoms with van der Waals surface area (Å²) in [6.45, 7) is 1.44. The highest BCUT2D eigenvalue weighted by atomic mass is 19.4. The summed E-state index contributed by atoms with van der Waals surface area (Å²) in [5, 5.41) is 11.2. The first-order valence-electron chi connectivity index (χ1n) is 7.00. The fourth-order valence-corrected chi connectivity index (χ4v) is 1.67. The first-order valence-corrected chi connectivity index (χ1v) is 7.00. The minimum absolute atomic E-state index is 0.0250. The van der Waals surface area contributed by atoms with E-state index in [0.717, 1.165) is 6.07 Å². The van der Waals surface area contributed by atoms with Gasteiger partial charge in [-0.25, -0.2) is 9.78 Å². The molecule has 0 spiro atoms. The van der Waals surface area contributed by atoms with Crippen molar-refractivity contribution in [3.63, 3.8) is 0 Å². The number of carboxylic acid groups (broad SMARTS) is 1. The van der Waals surface area contributed by atoms with Gasteiger partial charge < -0.3 is 20.1 Å². The summed E-state index contributed by atoms with van der Waals surface area (Å²) < 4.78 is 42.5. The number of hydrogen-bond acceptors (Lipinski definition) is 4. The topological polar surface area (TPSA) is 91.8 Å². The van der Waals surface area contributed by atoms with Crippen molar-refractivity contribution < 1.29 is 32.6 Å². The van der Waals surface area contributed by atoms with E-state index in [9.17, 15) is 22.8 Å². The molecule has 0 bridgehead atoms. The molecular formula is C14H18F3N3O4. The molecule has 2 amide bonds. The van der Waals surface area contributed by atoms with Gasteiger partial charge in [-0.15, -0.1) is 0 Å². The number of carbonyl (C=O) groups excluding carboxylic acids is 1. The minimum atomic E-state index is -4.56. The predicted molar refractivity (Wildman–Crippen MR) is 77.6 cm³/mol. The van der Waals surface area contributed by atoms with E-state index in [4.69, 9.17) is 9.84 Å². The maximum Gasteiger partial charge on any atom is 0.433 e. The highest BCUT2D eigenvalue weighted by Crippen LogP contribution is 2.28. The number of carbonyl (C=O) groups is 2. The highest BCUT2D eigenvalue weighted by Gasteiger charge is 2.32. The third-order valence-electron chi connectivity index (χ3n) is 2.96. The summed E-state index contributed by atoms with van der Waals surface area (Å²) in [5.74, 6) is -1.94. The van der Waals surface area contributed by atoms with Crippen molar-refractivity contribution in [3.05, 3.63) is 23.9 Å². The van der Waals surface area contributed by atoms with Crippen LogP contribution in [-0.4, -0.2) is 53.7 Å². The molecule has 1 aromatic heterocycles. The van der Waals surface area contributed by atoms with Gasteiger partial charge in [-0.3, -0.25) is 4.79 Å². The number of ether oxygens (including phenoxy) is 1. The smallest absolute Gasteiger partial charge is 0.433 e. The summed E-state index contributed by atoms with van der Waals surface area (Å²) in [6.07, 6.45) is -4.56. The van der Waals surface area contributed by atoms with Gasteiger partial charge in [0.1, 0.15) is 12.3 Å². The van der Waals surface area contributed by atoms with Crippen molar-refractivity contribution in [2.45, 2.75) is 13.1 Å². The van der Waals surface area contributed by atoms with Crippen molar-refractivity contribution >= 4 is 12.0 Å². The second-order valence-electron chi connectivity index (χ2n) is 5.06. The molecule has 0 saturated carbocycles. The third kappa shape index (κ3) is 6.31. The Bertz CT molecular complexity index is 581. The molecule has 1 atom stereocenters. The molecule has 0 aliphatic rings. The van der Waals surface area contributed by atoms with Gasteiger partial charge in [0.15, 0.2) is 0 Å². The molecule has 1 rings (SSSR count). The standard InChI is InChI=1S/C14H18F3N3O4/c1-9(12(21)22)8-20(2)13(23)18-6-7-24-11-5-3-4-10(19-11)14(15,16)17/h3-5,9H,6-8H2,1-2H3,(H,18,23)(H,21,22). The Morgan fingerprint density at radius 2 is 2.08 bits per heavy atom. The molecule has 0 saturated heterocycles. The molecule has 1 heterocycles. The van der Waals surface area contributed by atoms with E-state index in [1.807, 2.05) is 0 Å². The van der Waals surface area contributed by atoms with Crippen LogP contribution >= 0.6 is 0 Å². The second-order valence-corrected chi connectivity index (χ2v) is 5.06. The van der Waals surface area contributed by atoms with Gasteiger partial charge in [0.2, 0.25) is 5.88 Å². The number of amides is 2. The van der Waals surface area contributed by atoms with Crippen molar-refractivity contribution in [1.29, 1.82) is 0 Å². The molecule has 0 aliphatic carbocycles. The van der Waals surface area contributed by atoms with Gasteiger partial charge in [-0.05, 0) is 6.07 Å². The first kappa shape index (κ1) is 19.5. The van der Waals surface area contributed by atoms with Gasteiger partial charge in [-0.1, -0.05) is 13.0 Å². The summed E-state index contributed by atoms with van der Waals surface area (Å²) in [4.78, 5) is 26.9. The average Bonchev–Trinajstić information content (AvgIpc) is 2.50. The quantitative estimate of drug-likeness (QED) is 0.733. The molecule has 0 fully saturated rings. The van der Waals surface area contributed by atoms with Crippen molar-refractivity contribution in [1.82, 2.24) is 15.2 Å². The number of carboxylic acids is 1. The number of rotatable bonds is 7. The fourth-order valence-electron chi connectivity index (χ4n) is 1.67. The average molecular weight is 349 g/mol. The molecule has 7 nitrogen and oxygen atoms in total. The summed E-state index contributed by atoms with van der Waals surface area (Å²) in [5.41, 5.74) is -1.06. The molecular weight excluding hydrogens is 331 g/mol. The Morgan fingerprint density at radius 1 is 1.42 bits per heavy atom. The lowest BCUT2D eigenvalue weighted by Crippen LogP contribution is -2.42. The second kappa shape index (κ2) is 8.37. The zero-order chi connectivity index (χ0) is 18.3. The predicted octanol–water partition coefficient (Wildman–Crippen LogP) is 1.84. The number of aliphatic carboxylic acids is 1. The van der Waals surface area contributed by atoms with Gasteiger partial charge in [-0.2, -0.15) is 13.2 Å². The number of aromatic nitrogens is 1. The van der Waals surface area contributed by atoms with E-state index in [1.165, 1.54) is 31.0 Å². The highest BCUT2D eigenvalue weighted by molar-refractivity contribution is 5.75. The maximum absolute atomic E-state index is 12.5. The number of nitrogens with one attached hydrogen (secondary N) is 1. The molecule has 0 aromatic carbocycles. The van der Waals surface area contributed by atoms with Gasteiger partial charge >= 0.3 is 18.2 Å². The molecule has 134 valence electrons. The summed E-state index contributed by atoms with van der Waals surface area (Å²) in [7, 11) is 1.43. The van der Waals surface area contributed by atoms with Gasteiger partial charge in [0.05, 0.1) is 12.5 Å². The normalized spacial score (nSPS) is 12.4. The first-order chi connectivity index (χ1) is 11.1. The molecule has 24 heavy (non-hydrogen) atoms. The summed E-state index contributed by atoms with van der Waals surface area (Å²) >= 11 is 0. The number of urea groups is 1. The van der Waals surface area contributed by atoms with E-state index < -0.39 is 29.8 Å². The largest absolute Gasteiger partial charge is 0.481 e. The van der Waals surface area contributed by atoms with E-state index in [1.54, 1.807) is 0 Å². The van der Waals surface area contributed by atoms with Crippen LogP contribution in [0, 0.1) is 5.92 Å². The SMILES string of the molecule is CC(CN(C)C(=O)NCCOc1cccc(C(F)(F)F)n1)C(=O)O. The number of alkyl halides is 3. The third-order valence-corrected chi connectivity index (χ3v) is 2.96. The molecule has 2 N–H and O–H groups in total. The van der Waals surface area contributed by atoms with Crippen LogP contribution in [0.2, 0.25) is 0 Å². The van der Waals surface area contributed by atoms with Crippen molar-refractivity contribution in [3.8, 4) is 5.88 Å². The zero-order valence-electron chi connectivity index (χ0n) is 13.1. The van der Waals surface area contributed by atoms with Crippen LogP contribution in [0.5, 0.6) is 5.88 Å². The van der Waals surface area contributed by atoms with Crippen molar-refractivity contribution in [2.24, 2.45) is 5.92 Å². The molecule has 10 heteroatoms. The van der Waals surface area contributed by atoms with E-state index in [0.29, 0.717) is 0 Å². The van der Waals surface area contributed by atoms with Crippen LogP contribution in [0.15, 0.2) is 18.2 Å². The lowest BCUT2D eigenvalue weighted by Gasteiger charge is -2.20. The maximum atomic E-state index is 12.5. The van der Waals surface area contributed by atoms with Crippen LogP contribution in [-0.2, 0) is 11.0 Å². The summed E-state index contributed by atoms with van der Waals surface area (Å²) in [6, 6.07) is 2.76. The Hall–Kier alpha value is -2.52. The van der Waals surface area contributed by atoms with E-state index in [2.05, 4.69) is 10.3 Å². The zero-order valence-corrected chi connectivity index (χ0v) is 13.1. The fraction of sp³-hybridized carbons (Fsp3) is 0.500. The van der Waals surface area contributed by atoms with Crippen molar-refractivity contribution in [2.75, 3.05) is 26.7 Å². The monoisotopic (exact) mass is 349 g/mol. The lowest BCUT2D eigenvalue weighted by molar-refractivity contribution is -0.142.